The van der Waals surface area contributed by atoms with E-state index >= 15 is 0 Å². The number of hydrazone groups is 1. The molecule has 0 saturated heterocycles. The lowest BCUT2D eigenvalue weighted by Crippen LogP contribution is -2.34. The van der Waals surface area contributed by atoms with Crippen LogP contribution in [0.1, 0.15) is 36.4 Å². The molecular formula is C32H26F2N2O2. The number of carbonyl (C=O) groups excluding carboxylic acids is 1. The minimum Gasteiger partial charge on any atom is -0.484 e. The Morgan fingerprint density at radius 1 is 0.921 bits per heavy atom. The lowest BCUT2D eigenvalue weighted by Gasteiger charge is -2.29. The average Bonchev–Trinajstić information content (AvgIpc) is 3.34. The number of halogens is 2. The Morgan fingerprint density at radius 3 is 2.39 bits per heavy atom. The number of rotatable bonds is 5. The van der Waals surface area contributed by atoms with Crippen LogP contribution in [-0.4, -0.2) is 23.2 Å². The van der Waals surface area contributed by atoms with Crippen molar-refractivity contribution in [2.75, 3.05) is 6.61 Å². The molecule has 0 spiro atoms. The molecule has 0 bridgehead atoms. The summed E-state index contributed by atoms with van der Waals surface area (Å²) in [6, 6.07) is 26.0. The Hall–Kier alpha value is -4.32. The number of hydrogen-bond donors (Lipinski definition) is 0. The van der Waals surface area contributed by atoms with E-state index in [2.05, 4.69) is 0 Å². The summed E-state index contributed by atoms with van der Waals surface area (Å²) in [5.74, 6) is -0.296. The van der Waals surface area contributed by atoms with Gasteiger partial charge in [0.15, 0.2) is 6.61 Å². The van der Waals surface area contributed by atoms with Gasteiger partial charge in [-0.25, -0.2) is 13.8 Å². The number of amides is 1. The van der Waals surface area contributed by atoms with Crippen molar-refractivity contribution in [2.45, 2.75) is 25.3 Å². The summed E-state index contributed by atoms with van der Waals surface area (Å²) in [6.45, 7) is -0.170. The molecule has 2 aliphatic rings. The molecule has 2 atom stereocenters. The molecule has 1 saturated carbocycles. The van der Waals surface area contributed by atoms with Gasteiger partial charge >= 0.3 is 0 Å². The minimum absolute atomic E-state index is 0.0227. The van der Waals surface area contributed by atoms with E-state index < -0.39 is 0 Å². The minimum atomic E-state index is -0.352. The van der Waals surface area contributed by atoms with Crippen LogP contribution in [0.25, 0.3) is 16.8 Å². The average molecular weight is 509 g/mol. The van der Waals surface area contributed by atoms with E-state index in [-0.39, 0.29) is 36.1 Å². The van der Waals surface area contributed by atoms with Crippen LogP contribution >= 0.6 is 0 Å². The predicted octanol–water partition coefficient (Wildman–Crippen LogP) is 7.32. The van der Waals surface area contributed by atoms with Gasteiger partial charge in [0.1, 0.15) is 17.4 Å². The van der Waals surface area contributed by atoms with Crippen molar-refractivity contribution in [2.24, 2.45) is 11.0 Å². The summed E-state index contributed by atoms with van der Waals surface area (Å²) in [5, 5.41) is 8.47. The summed E-state index contributed by atoms with van der Waals surface area (Å²) >= 11 is 0. The van der Waals surface area contributed by atoms with Crippen LogP contribution in [0.2, 0.25) is 0 Å². The van der Waals surface area contributed by atoms with Gasteiger partial charge in [0.25, 0.3) is 5.91 Å². The number of carbonyl (C=O) groups is 1. The van der Waals surface area contributed by atoms with Crippen molar-refractivity contribution in [3.8, 4) is 5.75 Å². The van der Waals surface area contributed by atoms with Crippen LogP contribution < -0.4 is 4.74 Å². The Bertz CT molecular complexity index is 1540. The predicted molar refractivity (Wildman–Crippen MR) is 145 cm³/mol. The molecule has 4 nitrogen and oxygen atoms in total. The van der Waals surface area contributed by atoms with E-state index in [9.17, 15) is 13.6 Å². The van der Waals surface area contributed by atoms with Crippen molar-refractivity contribution in [3.05, 3.63) is 119 Å². The standard InChI is InChI=1S/C32H26F2N2O2/c33-26-13-8-21(9-14-26)18-25-6-3-7-29-31(25)35-36(32(29)23-10-15-27(34)16-11-23)30(37)20-38-28-17-12-22-4-1-2-5-24(22)19-28/h1-2,4-5,8-19,29,32H,3,6-7,20H2/b25-18-/t29-,32+/m0/s1. The van der Waals surface area contributed by atoms with Gasteiger partial charge in [-0.2, -0.15) is 5.10 Å². The topological polar surface area (TPSA) is 41.9 Å². The van der Waals surface area contributed by atoms with Crippen LogP contribution in [0.4, 0.5) is 8.78 Å². The number of fused-ring (bicyclic) bond motifs is 2. The highest BCUT2D eigenvalue weighted by atomic mass is 19.1. The molecule has 4 aromatic rings. The molecule has 0 radical (unpaired) electrons. The van der Waals surface area contributed by atoms with Crippen LogP contribution in [-0.2, 0) is 4.79 Å². The number of hydrogen-bond acceptors (Lipinski definition) is 3. The first kappa shape index (κ1) is 24.0. The maximum absolute atomic E-state index is 13.7. The van der Waals surface area contributed by atoms with E-state index in [1.54, 1.807) is 24.3 Å². The summed E-state index contributed by atoms with van der Waals surface area (Å²) in [5.41, 5.74) is 3.60. The first-order valence-electron chi connectivity index (χ1n) is 12.8. The highest BCUT2D eigenvalue weighted by Gasteiger charge is 2.43. The SMILES string of the molecule is O=C(COc1ccc2ccccc2c1)N1N=C2/C(=C\c3ccc(F)cc3)CCC[C@@H]2[C@H]1c1ccc(F)cc1. The van der Waals surface area contributed by atoms with E-state index in [0.717, 1.165) is 52.4 Å². The first-order chi connectivity index (χ1) is 18.5. The van der Waals surface area contributed by atoms with Gasteiger partial charge in [0.2, 0.25) is 0 Å². The maximum atomic E-state index is 13.7. The Morgan fingerprint density at radius 2 is 1.63 bits per heavy atom. The number of ether oxygens (including phenoxy) is 1. The van der Waals surface area contributed by atoms with Crippen LogP contribution in [0.3, 0.4) is 0 Å². The molecule has 38 heavy (non-hydrogen) atoms. The fraction of sp³-hybridized carbons (Fsp3) is 0.188. The van der Waals surface area contributed by atoms with Crippen molar-refractivity contribution in [1.82, 2.24) is 5.01 Å². The quantitative estimate of drug-likeness (QED) is 0.283. The smallest absolute Gasteiger partial charge is 0.281 e. The van der Waals surface area contributed by atoms with Gasteiger partial charge in [0.05, 0.1) is 11.8 Å². The maximum Gasteiger partial charge on any atom is 0.281 e. The van der Waals surface area contributed by atoms with Gasteiger partial charge in [-0.15, -0.1) is 0 Å². The zero-order valence-electron chi connectivity index (χ0n) is 20.7. The molecular weight excluding hydrogens is 482 g/mol. The van der Waals surface area contributed by atoms with E-state index in [0.29, 0.717) is 5.75 Å². The molecule has 1 fully saturated rings. The molecule has 0 aromatic heterocycles. The molecule has 190 valence electrons. The third-order valence-corrected chi connectivity index (χ3v) is 7.26. The Labute approximate surface area is 219 Å². The fourth-order valence-corrected chi connectivity index (χ4v) is 5.43. The van der Waals surface area contributed by atoms with Gasteiger partial charge in [-0.3, -0.25) is 4.79 Å². The largest absolute Gasteiger partial charge is 0.484 e. The fourth-order valence-electron chi connectivity index (χ4n) is 5.43. The van der Waals surface area contributed by atoms with E-state index in [1.165, 1.54) is 29.3 Å². The number of nitrogens with zero attached hydrogens (tertiary/aromatic N) is 2. The van der Waals surface area contributed by atoms with Crippen molar-refractivity contribution in [3.63, 3.8) is 0 Å². The van der Waals surface area contributed by atoms with Crippen LogP contribution in [0.15, 0.2) is 102 Å². The molecule has 1 aliphatic carbocycles. The Kier molecular flexibility index (Phi) is 6.46. The second-order valence-electron chi connectivity index (χ2n) is 9.74. The highest BCUT2D eigenvalue weighted by molar-refractivity contribution is 6.08. The van der Waals surface area contributed by atoms with Gasteiger partial charge in [0, 0.05) is 5.92 Å². The molecule has 1 heterocycles. The van der Waals surface area contributed by atoms with Crippen LogP contribution in [0, 0.1) is 17.6 Å². The Balaban J connectivity index is 1.30. The zero-order chi connectivity index (χ0) is 26.1. The lowest BCUT2D eigenvalue weighted by molar-refractivity contribution is -0.135. The van der Waals surface area contributed by atoms with Gasteiger partial charge < -0.3 is 4.74 Å². The number of benzene rings is 4. The monoisotopic (exact) mass is 508 g/mol. The third-order valence-electron chi connectivity index (χ3n) is 7.26. The second kappa shape index (κ2) is 10.2. The molecule has 0 unspecified atom stereocenters. The highest BCUT2D eigenvalue weighted by Crippen LogP contribution is 2.44. The van der Waals surface area contributed by atoms with Crippen LogP contribution in [0.5, 0.6) is 5.75 Å². The van der Waals surface area contributed by atoms with Gasteiger partial charge in [-0.05, 0) is 89.2 Å². The summed E-state index contributed by atoms with van der Waals surface area (Å²) in [4.78, 5) is 13.5. The second-order valence-corrected chi connectivity index (χ2v) is 9.74. The lowest BCUT2D eigenvalue weighted by atomic mass is 9.77. The summed E-state index contributed by atoms with van der Waals surface area (Å²) in [7, 11) is 0. The van der Waals surface area contributed by atoms with E-state index in [1.807, 2.05) is 48.5 Å². The van der Waals surface area contributed by atoms with Gasteiger partial charge in [-0.1, -0.05) is 54.6 Å². The summed E-state index contributed by atoms with van der Waals surface area (Å²) < 4.78 is 33.1. The normalized spacial score (nSPS) is 19.9. The zero-order valence-corrected chi connectivity index (χ0v) is 20.7. The molecule has 6 heteroatoms. The van der Waals surface area contributed by atoms with Crippen molar-refractivity contribution < 1.29 is 18.3 Å². The van der Waals surface area contributed by atoms with Crippen molar-refractivity contribution in [1.29, 1.82) is 0 Å². The molecule has 0 N–H and O–H groups in total. The molecule has 6 rings (SSSR count). The molecule has 4 aromatic carbocycles. The first-order valence-corrected chi connectivity index (χ1v) is 12.8. The summed E-state index contributed by atoms with van der Waals surface area (Å²) in [6.07, 6.45) is 4.63. The van der Waals surface area contributed by atoms with Crippen molar-refractivity contribution >= 4 is 28.5 Å². The number of allylic oxidation sites excluding steroid dienone is 1. The molecule has 1 aliphatic heterocycles. The van der Waals surface area contributed by atoms with E-state index in [4.69, 9.17) is 9.84 Å². The molecule has 1 amide bonds. The third kappa shape index (κ3) is 4.82.